The number of ether oxygens (including phenoxy) is 1. The first-order chi connectivity index (χ1) is 8.60. The van der Waals surface area contributed by atoms with Gasteiger partial charge in [0.15, 0.2) is 0 Å². The molecule has 0 atom stereocenters. The minimum absolute atomic E-state index is 0.638. The lowest BCUT2D eigenvalue weighted by atomic mass is 10.2. The molecule has 3 nitrogen and oxygen atoms in total. The van der Waals surface area contributed by atoms with E-state index in [9.17, 15) is 0 Å². The Morgan fingerprint density at radius 3 is 2.67 bits per heavy atom. The first kappa shape index (κ1) is 13.1. The Balaban J connectivity index is 2.28. The van der Waals surface area contributed by atoms with Crippen LogP contribution in [0.15, 0.2) is 40.9 Å². The molecule has 5 heteroatoms. The van der Waals surface area contributed by atoms with Crippen molar-refractivity contribution in [3.05, 3.63) is 45.9 Å². The van der Waals surface area contributed by atoms with Crippen LogP contribution in [0, 0.1) is 0 Å². The maximum atomic E-state index is 5.94. The van der Waals surface area contributed by atoms with Crippen molar-refractivity contribution in [2.45, 2.75) is 0 Å². The lowest BCUT2D eigenvalue weighted by Gasteiger charge is -2.11. The van der Waals surface area contributed by atoms with E-state index in [0.717, 1.165) is 21.6 Å². The van der Waals surface area contributed by atoms with Crippen LogP contribution >= 0.6 is 27.5 Å². The van der Waals surface area contributed by atoms with E-state index in [0.29, 0.717) is 10.7 Å². The maximum absolute atomic E-state index is 5.94. The Morgan fingerprint density at radius 2 is 2.00 bits per heavy atom. The zero-order valence-electron chi connectivity index (χ0n) is 9.71. The van der Waals surface area contributed by atoms with Crippen molar-refractivity contribution in [3.63, 3.8) is 0 Å². The minimum atomic E-state index is 0.638. The molecule has 0 aromatic heterocycles. The molecular weight excluding hydrogens is 316 g/mol. The van der Waals surface area contributed by atoms with Gasteiger partial charge in [-0.15, -0.1) is 0 Å². The fraction of sp³-hybridized carbons (Fsp3) is 0.0769. The van der Waals surface area contributed by atoms with Crippen LogP contribution in [-0.2, 0) is 0 Å². The molecule has 0 aliphatic rings. The van der Waals surface area contributed by atoms with Crippen LogP contribution in [0.2, 0.25) is 5.02 Å². The minimum Gasteiger partial charge on any atom is -0.496 e. The fourth-order valence-corrected chi connectivity index (χ4v) is 2.25. The second-order valence-corrected chi connectivity index (χ2v) is 5.00. The van der Waals surface area contributed by atoms with E-state index in [2.05, 4.69) is 21.2 Å². The van der Waals surface area contributed by atoms with Gasteiger partial charge in [0.05, 0.1) is 23.0 Å². The molecule has 0 bridgehead atoms. The summed E-state index contributed by atoms with van der Waals surface area (Å²) < 4.78 is 6.04. The number of rotatable bonds is 3. The normalized spacial score (nSPS) is 10.2. The van der Waals surface area contributed by atoms with Crippen molar-refractivity contribution in [2.75, 3.05) is 18.2 Å². The highest BCUT2D eigenvalue weighted by Gasteiger charge is 2.04. The summed E-state index contributed by atoms with van der Waals surface area (Å²) in [6.07, 6.45) is 0. The molecule has 0 saturated heterocycles. The average molecular weight is 328 g/mol. The number of benzene rings is 2. The molecule has 0 heterocycles. The van der Waals surface area contributed by atoms with E-state index >= 15 is 0 Å². The molecule has 18 heavy (non-hydrogen) atoms. The van der Waals surface area contributed by atoms with Crippen LogP contribution in [0.3, 0.4) is 0 Å². The molecule has 0 saturated carbocycles. The molecule has 0 amide bonds. The van der Waals surface area contributed by atoms with Crippen LogP contribution in [-0.4, -0.2) is 7.11 Å². The smallest absolute Gasteiger partial charge is 0.133 e. The summed E-state index contributed by atoms with van der Waals surface area (Å²) in [7, 11) is 1.63. The Hall–Kier alpha value is -1.39. The monoisotopic (exact) mass is 326 g/mol. The van der Waals surface area contributed by atoms with E-state index in [-0.39, 0.29) is 0 Å². The topological polar surface area (TPSA) is 47.3 Å². The Kier molecular flexibility index (Phi) is 3.99. The average Bonchev–Trinajstić information content (AvgIpc) is 2.34. The number of halogens is 2. The van der Waals surface area contributed by atoms with Crippen molar-refractivity contribution in [1.82, 2.24) is 0 Å². The summed E-state index contributed by atoms with van der Waals surface area (Å²) in [4.78, 5) is 0. The molecular formula is C13H12BrClN2O. The molecule has 2 aromatic carbocycles. The lowest BCUT2D eigenvalue weighted by Crippen LogP contribution is -1.96. The Morgan fingerprint density at radius 1 is 1.22 bits per heavy atom. The van der Waals surface area contributed by atoms with Gasteiger partial charge in [-0.1, -0.05) is 11.6 Å². The van der Waals surface area contributed by atoms with Gasteiger partial charge in [0.1, 0.15) is 5.75 Å². The van der Waals surface area contributed by atoms with Gasteiger partial charge in [0, 0.05) is 10.7 Å². The highest BCUT2D eigenvalue weighted by atomic mass is 79.9. The van der Waals surface area contributed by atoms with Crippen molar-refractivity contribution < 1.29 is 4.74 Å². The largest absolute Gasteiger partial charge is 0.496 e. The Bertz CT molecular complexity index is 575. The summed E-state index contributed by atoms with van der Waals surface area (Å²) >= 11 is 9.37. The van der Waals surface area contributed by atoms with Crippen molar-refractivity contribution in [1.29, 1.82) is 0 Å². The number of methoxy groups -OCH3 is 1. The van der Waals surface area contributed by atoms with E-state index in [1.165, 1.54) is 0 Å². The van der Waals surface area contributed by atoms with E-state index < -0.39 is 0 Å². The van der Waals surface area contributed by atoms with E-state index in [1.807, 2.05) is 18.2 Å². The SMILES string of the molecule is COc1ccc(Nc2cc(Cl)ccc2N)cc1Br. The third kappa shape index (κ3) is 2.89. The zero-order chi connectivity index (χ0) is 13.1. The van der Waals surface area contributed by atoms with E-state index in [1.54, 1.807) is 25.3 Å². The first-order valence-corrected chi connectivity index (χ1v) is 6.43. The molecule has 0 aliphatic carbocycles. The summed E-state index contributed by atoms with van der Waals surface area (Å²) in [6.45, 7) is 0. The quantitative estimate of drug-likeness (QED) is 0.819. The number of nitrogens with two attached hydrogens (primary N) is 1. The van der Waals surface area contributed by atoms with Crippen molar-refractivity contribution in [2.24, 2.45) is 0 Å². The highest BCUT2D eigenvalue weighted by Crippen LogP contribution is 2.31. The van der Waals surface area contributed by atoms with Crippen molar-refractivity contribution >= 4 is 44.6 Å². The molecule has 0 fully saturated rings. The van der Waals surface area contributed by atoms with Crippen LogP contribution in [0.4, 0.5) is 17.1 Å². The summed E-state index contributed by atoms with van der Waals surface area (Å²) in [5, 5.41) is 3.85. The van der Waals surface area contributed by atoms with Gasteiger partial charge in [-0.2, -0.15) is 0 Å². The van der Waals surface area contributed by atoms with Gasteiger partial charge >= 0.3 is 0 Å². The van der Waals surface area contributed by atoms with Crippen LogP contribution in [0.5, 0.6) is 5.75 Å². The van der Waals surface area contributed by atoms with Crippen LogP contribution in [0.1, 0.15) is 0 Å². The molecule has 0 spiro atoms. The van der Waals surface area contributed by atoms with Gasteiger partial charge in [0.2, 0.25) is 0 Å². The van der Waals surface area contributed by atoms with Gasteiger partial charge in [-0.25, -0.2) is 0 Å². The molecule has 2 aromatic rings. The molecule has 0 aliphatic heterocycles. The Labute approximate surface area is 119 Å². The molecule has 94 valence electrons. The number of hydrogen-bond donors (Lipinski definition) is 2. The fourth-order valence-electron chi connectivity index (χ4n) is 1.54. The van der Waals surface area contributed by atoms with Crippen molar-refractivity contribution in [3.8, 4) is 5.75 Å². The lowest BCUT2D eigenvalue weighted by molar-refractivity contribution is 0.412. The molecule has 3 N–H and O–H groups in total. The highest BCUT2D eigenvalue weighted by molar-refractivity contribution is 9.10. The predicted molar refractivity (Wildman–Crippen MR) is 79.8 cm³/mol. The summed E-state index contributed by atoms with van der Waals surface area (Å²) in [5.74, 6) is 0.777. The van der Waals surface area contributed by atoms with Crippen LogP contribution in [0.25, 0.3) is 0 Å². The first-order valence-electron chi connectivity index (χ1n) is 5.26. The number of anilines is 3. The summed E-state index contributed by atoms with van der Waals surface area (Å²) in [5.41, 5.74) is 8.20. The third-order valence-corrected chi connectivity index (χ3v) is 3.30. The van der Waals surface area contributed by atoms with Gasteiger partial charge < -0.3 is 15.8 Å². The van der Waals surface area contributed by atoms with Crippen LogP contribution < -0.4 is 15.8 Å². The van der Waals surface area contributed by atoms with E-state index in [4.69, 9.17) is 22.1 Å². The van der Waals surface area contributed by atoms with Gasteiger partial charge in [0.25, 0.3) is 0 Å². The number of nitrogen functional groups attached to an aromatic ring is 1. The number of hydrogen-bond acceptors (Lipinski definition) is 3. The number of nitrogens with one attached hydrogen (secondary N) is 1. The molecule has 0 unspecified atom stereocenters. The second kappa shape index (κ2) is 5.50. The second-order valence-electron chi connectivity index (χ2n) is 3.71. The van der Waals surface area contributed by atoms with Gasteiger partial charge in [-0.3, -0.25) is 0 Å². The zero-order valence-corrected chi connectivity index (χ0v) is 12.0. The maximum Gasteiger partial charge on any atom is 0.133 e. The third-order valence-electron chi connectivity index (χ3n) is 2.45. The summed E-state index contributed by atoms with van der Waals surface area (Å²) in [6, 6.07) is 11.0. The predicted octanol–water partition coefficient (Wildman–Crippen LogP) is 4.44. The van der Waals surface area contributed by atoms with Gasteiger partial charge in [-0.05, 0) is 52.3 Å². The standard InChI is InChI=1S/C13H12BrClN2O/c1-18-13-5-3-9(7-10(13)14)17-12-6-8(15)2-4-11(12)16/h2-7,17H,16H2,1H3. The molecule has 0 radical (unpaired) electrons. The molecule has 2 rings (SSSR count).